The first-order valence-corrected chi connectivity index (χ1v) is 5.67. The minimum Gasteiger partial charge on any atom is -0.491 e. The van der Waals surface area contributed by atoms with Crippen molar-refractivity contribution in [1.82, 2.24) is 20.3 Å². The Balaban J connectivity index is 1.96. The highest BCUT2D eigenvalue weighted by molar-refractivity contribution is 5.71. The molecule has 2 aromatic heterocycles. The van der Waals surface area contributed by atoms with Crippen molar-refractivity contribution in [2.45, 2.75) is 6.18 Å². The maximum atomic E-state index is 13.7. The molecule has 0 spiro atoms. The molecule has 0 radical (unpaired) electrons. The molecule has 0 saturated heterocycles. The average Bonchev–Trinajstić information content (AvgIpc) is 2.87. The normalized spacial score (nSPS) is 11.8. The number of hydrogen-bond acceptors (Lipinski definition) is 7. The van der Waals surface area contributed by atoms with Gasteiger partial charge in [-0.3, -0.25) is 0 Å². The standard InChI is InChI=1S/C11H5F4N5O2/c12-5-3-4(11(13,14)15)1-2-6(5)16-9-10(21)18-8-7(17-9)19-22-20-8/h1-3H,(H,16,17,19)(H,18,20,21). The van der Waals surface area contributed by atoms with Gasteiger partial charge in [0.2, 0.25) is 11.3 Å². The molecule has 0 unspecified atom stereocenters. The second-order valence-electron chi connectivity index (χ2n) is 4.12. The van der Waals surface area contributed by atoms with Crippen LogP contribution in [0.4, 0.5) is 29.1 Å². The highest BCUT2D eigenvalue weighted by Crippen LogP contribution is 2.32. The lowest BCUT2D eigenvalue weighted by Gasteiger charge is -2.10. The number of nitrogens with one attached hydrogen (secondary N) is 1. The molecular weight excluding hydrogens is 310 g/mol. The molecule has 0 saturated carbocycles. The van der Waals surface area contributed by atoms with Crippen LogP contribution >= 0.6 is 0 Å². The fourth-order valence-corrected chi connectivity index (χ4v) is 1.63. The summed E-state index contributed by atoms with van der Waals surface area (Å²) < 4.78 is 55.4. The number of alkyl halides is 3. The molecule has 0 aliphatic rings. The summed E-state index contributed by atoms with van der Waals surface area (Å²) in [5, 5.41) is 18.7. The molecule has 0 bridgehead atoms. The molecule has 22 heavy (non-hydrogen) atoms. The first-order chi connectivity index (χ1) is 10.3. The molecule has 7 nitrogen and oxygen atoms in total. The minimum atomic E-state index is -4.66. The van der Waals surface area contributed by atoms with Crippen LogP contribution in [0, 0.1) is 5.82 Å². The van der Waals surface area contributed by atoms with Crippen molar-refractivity contribution in [3.8, 4) is 5.88 Å². The van der Waals surface area contributed by atoms with E-state index in [0.29, 0.717) is 12.1 Å². The predicted molar refractivity (Wildman–Crippen MR) is 63.7 cm³/mol. The van der Waals surface area contributed by atoms with E-state index in [4.69, 9.17) is 0 Å². The summed E-state index contributed by atoms with van der Waals surface area (Å²) in [6.07, 6.45) is -4.66. The van der Waals surface area contributed by atoms with Gasteiger partial charge in [0.05, 0.1) is 11.3 Å². The largest absolute Gasteiger partial charge is 0.491 e. The summed E-state index contributed by atoms with van der Waals surface area (Å²) in [5.41, 5.74) is -1.60. The zero-order valence-corrected chi connectivity index (χ0v) is 10.4. The van der Waals surface area contributed by atoms with E-state index in [9.17, 15) is 22.7 Å². The maximum Gasteiger partial charge on any atom is 0.416 e. The molecule has 2 heterocycles. The van der Waals surface area contributed by atoms with Crippen LogP contribution in [0.5, 0.6) is 5.88 Å². The van der Waals surface area contributed by atoms with Gasteiger partial charge in [0.15, 0.2) is 5.82 Å². The van der Waals surface area contributed by atoms with Crippen molar-refractivity contribution in [2.75, 3.05) is 5.32 Å². The van der Waals surface area contributed by atoms with Crippen LogP contribution in [0.3, 0.4) is 0 Å². The van der Waals surface area contributed by atoms with Crippen LogP contribution in [0.2, 0.25) is 0 Å². The van der Waals surface area contributed by atoms with Gasteiger partial charge in [0.25, 0.3) is 5.88 Å². The van der Waals surface area contributed by atoms with Gasteiger partial charge in [-0.1, -0.05) is 0 Å². The zero-order chi connectivity index (χ0) is 15.9. The average molecular weight is 315 g/mol. The van der Waals surface area contributed by atoms with Gasteiger partial charge in [-0.25, -0.2) is 9.02 Å². The third kappa shape index (κ3) is 2.47. The van der Waals surface area contributed by atoms with Crippen molar-refractivity contribution >= 4 is 22.8 Å². The second-order valence-corrected chi connectivity index (χ2v) is 4.12. The van der Waals surface area contributed by atoms with Crippen LogP contribution in [-0.2, 0) is 6.18 Å². The smallest absolute Gasteiger partial charge is 0.416 e. The molecule has 1 aromatic carbocycles. The first-order valence-electron chi connectivity index (χ1n) is 5.67. The molecule has 11 heteroatoms. The molecule has 0 fully saturated rings. The van der Waals surface area contributed by atoms with Crippen molar-refractivity contribution in [3.63, 3.8) is 0 Å². The summed E-state index contributed by atoms with van der Waals surface area (Å²) in [7, 11) is 0. The van der Waals surface area contributed by atoms with Gasteiger partial charge in [0, 0.05) is 0 Å². The van der Waals surface area contributed by atoms with Crippen LogP contribution in [0.25, 0.3) is 11.3 Å². The van der Waals surface area contributed by atoms with Gasteiger partial charge in [-0.15, -0.1) is 0 Å². The van der Waals surface area contributed by atoms with Crippen LogP contribution < -0.4 is 5.32 Å². The molecule has 0 amide bonds. The van der Waals surface area contributed by atoms with E-state index in [1.54, 1.807) is 0 Å². The highest BCUT2D eigenvalue weighted by Gasteiger charge is 2.31. The Morgan fingerprint density at radius 3 is 2.41 bits per heavy atom. The van der Waals surface area contributed by atoms with Gasteiger partial charge in [-0.05, 0) is 28.5 Å². The number of aromatic nitrogens is 4. The first kappa shape index (κ1) is 14.0. The number of rotatable bonds is 2. The Morgan fingerprint density at radius 2 is 1.77 bits per heavy atom. The summed E-state index contributed by atoms with van der Waals surface area (Å²) in [6, 6.07) is 1.87. The number of halogens is 4. The lowest BCUT2D eigenvalue weighted by molar-refractivity contribution is -0.137. The van der Waals surface area contributed by atoms with E-state index in [2.05, 4.69) is 30.2 Å². The lowest BCUT2D eigenvalue weighted by atomic mass is 10.2. The Hall–Kier alpha value is -2.98. The van der Waals surface area contributed by atoms with Crippen molar-refractivity contribution < 1.29 is 27.3 Å². The fourth-order valence-electron chi connectivity index (χ4n) is 1.63. The molecule has 114 valence electrons. The molecule has 2 N–H and O–H groups in total. The molecular formula is C11H5F4N5O2. The van der Waals surface area contributed by atoms with E-state index in [1.807, 2.05) is 0 Å². The van der Waals surface area contributed by atoms with E-state index in [0.717, 1.165) is 6.07 Å². The number of hydrogen-bond donors (Lipinski definition) is 2. The van der Waals surface area contributed by atoms with E-state index < -0.39 is 23.4 Å². The lowest BCUT2D eigenvalue weighted by Crippen LogP contribution is -2.06. The Bertz CT molecular complexity index is 848. The number of benzene rings is 1. The fraction of sp³-hybridized carbons (Fsp3) is 0.0909. The number of fused-ring (bicyclic) bond motifs is 1. The second kappa shape index (κ2) is 4.79. The van der Waals surface area contributed by atoms with Crippen LogP contribution in [0.1, 0.15) is 5.56 Å². The van der Waals surface area contributed by atoms with Gasteiger partial charge >= 0.3 is 6.18 Å². The minimum absolute atomic E-state index is 0.0624. The highest BCUT2D eigenvalue weighted by atomic mass is 19.4. The molecule has 3 aromatic rings. The van der Waals surface area contributed by atoms with Gasteiger partial charge < -0.3 is 10.4 Å². The Morgan fingerprint density at radius 1 is 1.09 bits per heavy atom. The number of aromatic hydroxyl groups is 1. The molecule has 3 rings (SSSR count). The quantitative estimate of drug-likeness (QED) is 0.702. The third-order valence-electron chi connectivity index (χ3n) is 2.65. The summed E-state index contributed by atoms with van der Waals surface area (Å²) in [6.45, 7) is 0. The molecule has 0 aliphatic carbocycles. The van der Waals surface area contributed by atoms with Crippen LogP contribution in [-0.4, -0.2) is 25.4 Å². The van der Waals surface area contributed by atoms with Crippen molar-refractivity contribution in [1.29, 1.82) is 0 Å². The summed E-state index contributed by atoms with van der Waals surface area (Å²) >= 11 is 0. The summed E-state index contributed by atoms with van der Waals surface area (Å²) in [5.74, 6) is -2.11. The molecule has 0 aliphatic heterocycles. The Kier molecular flexibility index (Phi) is 3.04. The third-order valence-corrected chi connectivity index (χ3v) is 2.65. The monoisotopic (exact) mass is 315 g/mol. The van der Waals surface area contributed by atoms with Gasteiger partial charge in [-0.2, -0.15) is 23.1 Å². The topological polar surface area (TPSA) is 97.0 Å². The van der Waals surface area contributed by atoms with E-state index in [-0.39, 0.29) is 22.8 Å². The number of nitrogens with zero attached hydrogens (tertiary/aromatic N) is 4. The Labute approximate surface area is 118 Å². The molecule has 0 atom stereocenters. The number of anilines is 2. The van der Waals surface area contributed by atoms with Gasteiger partial charge in [0.1, 0.15) is 5.82 Å². The maximum absolute atomic E-state index is 13.7. The predicted octanol–water partition coefficient (Wildman–Crippen LogP) is 2.62. The summed E-state index contributed by atoms with van der Waals surface area (Å²) in [4.78, 5) is 7.34. The zero-order valence-electron chi connectivity index (χ0n) is 10.4. The SMILES string of the molecule is Oc1nc2nonc2nc1Nc1ccc(C(F)(F)F)cc1F. The van der Waals surface area contributed by atoms with Crippen molar-refractivity contribution in [3.05, 3.63) is 29.6 Å². The van der Waals surface area contributed by atoms with E-state index in [1.165, 1.54) is 0 Å². The van der Waals surface area contributed by atoms with E-state index >= 15 is 0 Å². The van der Waals surface area contributed by atoms with Crippen LogP contribution in [0.15, 0.2) is 22.8 Å². The van der Waals surface area contributed by atoms with Crippen molar-refractivity contribution in [2.24, 2.45) is 0 Å².